The second-order valence-electron chi connectivity index (χ2n) is 6.42. The number of alkyl halides is 3. The molecule has 2 rings (SSSR count). The number of hydrogen-bond acceptors (Lipinski definition) is 2. The van der Waals surface area contributed by atoms with E-state index in [1.54, 1.807) is 19.1 Å². The average Bonchev–Trinajstić information content (AvgIpc) is 2.60. The summed E-state index contributed by atoms with van der Waals surface area (Å²) >= 11 is 0. The van der Waals surface area contributed by atoms with Crippen LogP contribution in [0.1, 0.15) is 23.6 Å². The Hall–Kier alpha value is -2.56. The van der Waals surface area contributed by atoms with Crippen molar-refractivity contribution < 1.29 is 21.6 Å². The van der Waals surface area contributed by atoms with Crippen LogP contribution in [-0.2, 0) is 16.2 Å². The fraction of sp³-hybridized carbons (Fsp3) is 0.238. The van der Waals surface area contributed by atoms with Gasteiger partial charge in [-0.1, -0.05) is 41.7 Å². The number of nitrogens with zero attached hydrogens (tertiary/aromatic N) is 1. The lowest BCUT2D eigenvalue weighted by Gasteiger charge is -2.20. The highest BCUT2D eigenvalue weighted by molar-refractivity contribution is 7.89. The Morgan fingerprint density at radius 2 is 1.64 bits per heavy atom. The summed E-state index contributed by atoms with van der Waals surface area (Å²) in [5.41, 5.74) is 1.19. The van der Waals surface area contributed by atoms with E-state index in [1.807, 2.05) is 6.92 Å². The molecule has 0 spiro atoms. The number of rotatable bonds is 5. The molecular formula is C21H20F3NO2S. The van der Waals surface area contributed by atoms with Gasteiger partial charge in [0.2, 0.25) is 10.0 Å². The van der Waals surface area contributed by atoms with Crippen LogP contribution in [0.25, 0.3) is 0 Å². The molecule has 7 heteroatoms. The molecule has 2 aromatic rings. The molecule has 0 aromatic heterocycles. The Morgan fingerprint density at radius 1 is 1.07 bits per heavy atom. The summed E-state index contributed by atoms with van der Waals surface area (Å²) in [6.07, 6.45) is -4.41. The Kier molecular flexibility index (Phi) is 6.70. The van der Waals surface area contributed by atoms with Gasteiger partial charge in [-0.05, 0) is 50.2 Å². The van der Waals surface area contributed by atoms with E-state index in [1.165, 1.54) is 28.6 Å². The topological polar surface area (TPSA) is 37.4 Å². The summed E-state index contributed by atoms with van der Waals surface area (Å²) in [5.74, 6) is 5.43. The molecule has 0 saturated carbocycles. The lowest BCUT2D eigenvalue weighted by atomic mass is 10.1. The summed E-state index contributed by atoms with van der Waals surface area (Å²) in [6, 6.07) is 10.9. The van der Waals surface area contributed by atoms with Gasteiger partial charge in [0.05, 0.1) is 17.0 Å². The van der Waals surface area contributed by atoms with E-state index >= 15 is 0 Å². The second kappa shape index (κ2) is 8.63. The van der Waals surface area contributed by atoms with Crippen LogP contribution in [0.2, 0.25) is 0 Å². The maximum Gasteiger partial charge on any atom is 0.416 e. The number of sulfonamides is 1. The van der Waals surface area contributed by atoms with Gasteiger partial charge in [-0.3, -0.25) is 0 Å². The molecule has 28 heavy (non-hydrogen) atoms. The number of hydrogen-bond donors (Lipinski definition) is 0. The number of benzene rings is 2. The highest BCUT2D eigenvalue weighted by Crippen LogP contribution is 2.28. The van der Waals surface area contributed by atoms with E-state index in [-0.39, 0.29) is 18.0 Å². The number of halogens is 3. The SMILES string of the molecule is C=C(C)CN(CC#Cc1ccc(C(F)(F)F)cc1)S(=O)(=O)c1ccc(C)cc1. The van der Waals surface area contributed by atoms with Gasteiger partial charge in [0.25, 0.3) is 0 Å². The van der Waals surface area contributed by atoms with Gasteiger partial charge in [0.15, 0.2) is 0 Å². The number of aryl methyl sites for hydroxylation is 1. The Morgan fingerprint density at radius 3 is 2.14 bits per heavy atom. The van der Waals surface area contributed by atoms with Gasteiger partial charge in [-0.15, -0.1) is 0 Å². The quantitative estimate of drug-likeness (QED) is 0.535. The van der Waals surface area contributed by atoms with Crippen molar-refractivity contribution in [3.63, 3.8) is 0 Å². The van der Waals surface area contributed by atoms with Crippen LogP contribution in [0.3, 0.4) is 0 Å². The normalized spacial score (nSPS) is 11.8. The molecule has 0 bridgehead atoms. The smallest absolute Gasteiger partial charge is 0.207 e. The van der Waals surface area contributed by atoms with Crippen LogP contribution in [0.4, 0.5) is 13.2 Å². The first kappa shape index (κ1) is 21.7. The highest BCUT2D eigenvalue weighted by atomic mass is 32.2. The minimum absolute atomic E-state index is 0.0951. The molecule has 148 valence electrons. The molecule has 0 N–H and O–H groups in total. The summed E-state index contributed by atoms with van der Waals surface area (Å²) < 4.78 is 64.7. The lowest BCUT2D eigenvalue weighted by molar-refractivity contribution is -0.137. The van der Waals surface area contributed by atoms with E-state index < -0.39 is 21.8 Å². The zero-order chi connectivity index (χ0) is 20.9. The maximum absolute atomic E-state index is 12.9. The Balaban J connectivity index is 2.23. The third kappa shape index (κ3) is 5.72. The van der Waals surface area contributed by atoms with Crippen molar-refractivity contribution in [2.75, 3.05) is 13.1 Å². The Bertz CT molecular complexity index is 997. The molecule has 0 atom stereocenters. The molecule has 0 amide bonds. The minimum Gasteiger partial charge on any atom is -0.207 e. The van der Waals surface area contributed by atoms with Crippen LogP contribution in [0.5, 0.6) is 0 Å². The first-order valence-corrected chi connectivity index (χ1v) is 9.81. The lowest BCUT2D eigenvalue weighted by Crippen LogP contribution is -2.32. The molecule has 0 heterocycles. The van der Waals surface area contributed by atoms with Gasteiger partial charge >= 0.3 is 6.18 Å². The molecule has 0 aliphatic rings. The van der Waals surface area contributed by atoms with E-state index in [9.17, 15) is 21.6 Å². The average molecular weight is 407 g/mol. The van der Waals surface area contributed by atoms with Gasteiger partial charge in [-0.2, -0.15) is 17.5 Å². The zero-order valence-electron chi connectivity index (χ0n) is 15.5. The highest BCUT2D eigenvalue weighted by Gasteiger charge is 2.29. The molecule has 0 aliphatic carbocycles. The fourth-order valence-electron chi connectivity index (χ4n) is 2.36. The third-order valence-corrected chi connectivity index (χ3v) is 5.61. The van der Waals surface area contributed by atoms with E-state index in [0.717, 1.165) is 17.7 Å². The molecule has 0 fully saturated rings. The van der Waals surface area contributed by atoms with Gasteiger partial charge in [-0.25, -0.2) is 8.42 Å². The van der Waals surface area contributed by atoms with Crippen molar-refractivity contribution in [3.8, 4) is 11.8 Å². The van der Waals surface area contributed by atoms with Crippen LogP contribution in [-0.4, -0.2) is 25.8 Å². The van der Waals surface area contributed by atoms with E-state index in [4.69, 9.17) is 0 Å². The predicted octanol–water partition coefficient (Wildman–Crippen LogP) is 4.63. The summed E-state index contributed by atoms with van der Waals surface area (Å²) in [7, 11) is -3.77. The summed E-state index contributed by atoms with van der Waals surface area (Å²) in [4.78, 5) is 0.149. The van der Waals surface area contributed by atoms with Crippen molar-refractivity contribution in [3.05, 3.63) is 77.4 Å². The van der Waals surface area contributed by atoms with E-state index in [0.29, 0.717) is 11.1 Å². The maximum atomic E-state index is 12.9. The van der Waals surface area contributed by atoms with Gasteiger partial charge in [0.1, 0.15) is 0 Å². The van der Waals surface area contributed by atoms with Crippen LogP contribution in [0.15, 0.2) is 65.6 Å². The molecule has 2 aromatic carbocycles. The van der Waals surface area contributed by atoms with Crippen molar-refractivity contribution in [2.24, 2.45) is 0 Å². The van der Waals surface area contributed by atoms with Crippen molar-refractivity contribution in [1.29, 1.82) is 0 Å². The first-order valence-electron chi connectivity index (χ1n) is 8.37. The fourth-order valence-corrected chi connectivity index (χ4v) is 3.76. The third-order valence-electron chi connectivity index (χ3n) is 3.81. The molecule has 3 nitrogen and oxygen atoms in total. The predicted molar refractivity (Wildman–Crippen MR) is 103 cm³/mol. The zero-order valence-corrected chi connectivity index (χ0v) is 16.4. The second-order valence-corrected chi connectivity index (χ2v) is 8.36. The molecule has 0 aliphatic heterocycles. The van der Waals surface area contributed by atoms with Crippen molar-refractivity contribution in [2.45, 2.75) is 24.9 Å². The summed E-state index contributed by atoms with van der Waals surface area (Å²) in [6.45, 7) is 7.31. The standard InChI is InChI=1S/C21H20F3NO2S/c1-16(2)15-25(28(26,27)20-12-6-17(3)7-13-20)14-4-5-18-8-10-19(11-9-18)21(22,23)24/h6-13H,1,14-15H2,2-3H3. The van der Waals surface area contributed by atoms with Crippen molar-refractivity contribution in [1.82, 2.24) is 4.31 Å². The molecule has 0 saturated heterocycles. The summed E-state index contributed by atoms with van der Waals surface area (Å²) in [5, 5.41) is 0. The minimum atomic E-state index is -4.41. The molecule has 0 unspecified atom stereocenters. The molecule has 0 radical (unpaired) electrons. The van der Waals surface area contributed by atoms with Crippen LogP contribution < -0.4 is 0 Å². The first-order chi connectivity index (χ1) is 13.0. The van der Waals surface area contributed by atoms with Crippen LogP contribution >= 0.6 is 0 Å². The van der Waals surface area contributed by atoms with Gasteiger partial charge in [0, 0.05) is 12.1 Å². The Labute approximate surface area is 163 Å². The van der Waals surface area contributed by atoms with Gasteiger partial charge < -0.3 is 0 Å². The van der Waals surface area contributed by atoms with Crippen LogP contribution in [0, 0.1) is 18.8 Å². The van der Waals surface area contributed by atoms with Crippen molar-refractivity contribution >= 4 is 10.0 Å². The largest absolute Gasteiger partial charge is 0.416 e. The molecular weight excluding hydrogens is 387 g/mol. The van der Waals surface area contributed by atoms with E-state index in [2.05, 4.69) is 18.4 Å². The monoisotopic (exact) mass is 407 g/mol.